The first-order chi connectivity index (χ1) is 11.5. The van der Waals surface area contributed by atoms with Crippen molar-refractivity contribution in [3.63, 3.8) is 0 Å². The topological polar surface area (TPSA) is 70.7 Å². The summed E-state index contributed by atoms with van der Waals surface area (Å²) in [5.41, 5.74) is 0.705. The van der Waals surface area contributed by atoms with Crippen LogP contribution in [0.15, 0.2) is 18.2 Å². The lowest BCUT2D eigenvalue weighted by Gasteiger charge is -2.34. The van der Waals surface area contributed by atoms with Crippen molar-refractivity contribution in [1.29, 1.82) is 0 Å². The molecule has 0 spiro atoms. The van der Waals surface area contributed by atoms with E-state index in [1.165, 1.54) is 12.1 Å². The molecular weight excluding hydrogens is 337 g/mol. The number of hydrogen-bond donors (Lipinski definition) is 2. The van der Waals surface area contributed by atoms with E-state index in [1.54, 1.807) is 13.2 Å². The van der Waals surface area contributed by atoms with Crippen LogP contribution in [0.2, 0.25) is 5.02 Å². The van der Waals surface area contributed by atoms with E-state index in [-0.39, 0.29) is 23.3 Å². The molecule has 6 nitrogen and oxygen atoms in total. The van der Waals surface area contributed by atoms with Crippen molar-refractivity contribution in [1.82, 2.24) is 15.5 Å². The second-order valence-electron chi connectivity index (χ2n) is 5.57. The molecule has 0 aliphatic carbocycles. The van der Waals surface area contributed by atoms with Crippen LogP contribution in [0.5, 0.6) is 0 Å². The zero-order valence-electron chi connectivity index (χ0n) is 13.5. The highest BCUT2D eigenvalue weighted by Crippen LogP contribution is 2.19. The quantitative estimate of drug-likeness (QED) is 0.712. The third-order valence-corrected chi connectivity index (χ3v) is 4.12. The maximum Gasteiger partial charge on any atom is 0.237 e. The molecule has 1 aliphatic rings. The van der Waals surface area contributed by atoms with Crippen molar-refractivity contribution in [2.45, 2.75) is 19.0 Å². The van der Waals surface area contributed by atoms with Crippen LogP contribution in [-0.2, 0) is 20.9 Å². The van der Waals surface area contributed by atoms with Gasteiger partial charge in [-0.2, -0.15) is 0 Å². The molecule has 0 aromatic heterocycles. The summed E-state index contributed by atoms with van der Waals surface area (Å²) in [5.74, 6) is -0.913. The summed E-state index contributed by atoms with van der Waals surface area (Å²) in [6, 6.07) is 3.97. The molecule has 2 N–H and O–H groups in total. The minimum absolute atomic E-state index is 0.0472. The van der Waals surface area contributed by atoms with E-state index in [9.17, 15) is 14.0 Å². The molecule has 132 valence electrons. The number of piperazine rings is 1. The van der Waals surface area contributed by atoms with Crippen molar-refractivity contribution >= 4 is 23.4 Å². The molecule has 1 saturated heterocycles. The van der Waals surface area contributed by atoms with Gasteiger partial charge in [-0.1, -0.05) is 17.7 Å². The first-order valence-electron chi connectivity index (χ1n) is 7.72. The van der Waals surface area contributed by atoms with Gasteiger partial charge in [0.25, 0.3) is 0 Å². The number of ether oxygens (including phenoxy) is 1. The highest BCUT2D eigenvalue weighted by atomic mass is 35.5. The molecule has 8 heteroatoms. The Labute approximate surface area is 145 Å². The van der Waals surface area contributed by atoms with Crippen molar-refractivity contribution in [3.8, 4) is 0 Å². The normalized spacial score (nSPS) is 18.3. The molecule has 0 radical (unpaired) electrons. The van der Waals surface area contributed by atoms with Gasteiger partial charge >= 0.3 is 0 Å². The standard InChI is InChI=1S/C16H21ClFN3O3/c1-24-7-5-19-15(22)9-14-16(23)20-4-6-21(14)10-11-2-3-12(17)13(18)8-11/h2-3,8,14H,4-7,9-10H2,1H3,(H,19,22)(H,20,23)/t14-/m0/s1. The minimum Gasteiger partial charge on any atom is -0.383 e. The molecule has 2 rings (SSSR count). The van der Waals surface area contributed by atoms with Crippen LogP contribution in [-0.4, -0.2) is 56.1 Å². The number of carbonyl (C=O) groups excluding carboxylic acids is 2. The largest absolute Gasteiger partial charge is 0.383 e. The lowest BCUT2D eigenvalue weighted by molar-refractivity contribution is -0.134. The van der Waals surface area contributed by atoms with E-state index < -0.39 is 11.9 Å². The summed E-state index contributed by atoms with van der Waals surface area (Å²) in [6.45, 7) is 2.27. The van der Waals surface area contributed by atoms with Crippen LogP contribution in [0.1, 0.15) is 12.0 Å². The number of hydrogen-bond acceptors (Lipinski definition) is 4. The smallest absolute Gasteiger partial charge is 0.237 e. The summed E-state index contributed by atoms with van der Waals surface area (Å²) in [7, 11) is 1.55. The molecule has 2 amide bonds. The first-order valence-corrected chi connectivity index (χ1v) is 8.10. The highest BCUT2D eigenvalue weighted by Gasteiger charge is 2.31. The third-order valence-electron chi connectivity index (χ3n) is 3.82. The molecule has 1 aromatic carbocycles. The fourth-order valence-corrected chi connectivity index (χ4v) is 2.70. The number of carbonyl (C=O) groups is 2. The lowest BCUT2D eigenvalue weighted by atomic mass is 10.1. The number of nitrogens with zero attached hydrogens (tertiary/aromatic N) is 1. The zero-order chi connectivity index (χ0) is 17.5. The minimum atomic E-state index is -0.583. The molecule has 0 unspecified atom stereocenters. The van der Waals surface area contributed by atoms with Crippen LogP contribution in [0, 0.1) is 5.82 Å². The molecule has 1 heterocycles. The van der Waals surface area contributed by atoms with Gasteiger partial charge in [0, 0.05) is 33.3 Å². The summed E-state index contributed by atoms with van der Waals surface area (Å²) in [5, 5.41) is 5.52. The highest BCUT2D eigenvalue weighted by molar-refractivity contribution is 6.30. The van der Waals surface area contributed by atoms with E-state index in [1.807, 2.05) is 4.90 Å². The Morgan fingerprint density at radius 2 is 2.33 bits per heavy atom. The molecule has 1 aromatic rings. The van der Waals surface area contributed by atoms with E-state index in [0.29, 0.717) is 38.3 Å². The van der Waals surface area contributed by atoms with Crippen LogP contribution in [0.3, 0.4) is 0 Å². The number of amides is 2. The van der Waals surface area contributed by atoms with Gasteiger partial charge in [-0.3, -0.25) is 14.5 Å². The Hall–Kier alpha value is -1.70. The van der Waals surface area contributed by atoms with E-state index >= 15 is 0 Å². The summed E-state index contributed by atoms with van der Waals surface area (Å²) in [4.78, 5) is 26.0. The SMILES string of the molecule is COCCNC(=O)C[C@H]1C(=O)NCCN1Cc1ccc(Cl)c(F)c1. The van der Waals surface area contributed by atoms with Gasteiger partial charge in [-0.05, 0) is 17.7 Å². The van der Waals surface area contributed by atoms with Gasteiger partial charge in [0.05, 0.1) is 24.1 Å². The molecule has 1 fully saturated rings. The van der Waals surface area contributed by atoms with Crippen LogP contribution in [0.25, 0.3) is 0 Å². The van der Waals surface area contributed by atoms with E-state index in [2.05, 4.69) is 10.6 Å². The number of methoxy groups -OCH3 is 1. The molecule has 1 atom stereocenters. The maximum absolute atomic E-state index is 13.6. The van der Waals surface area contributed by atoms with Crippen LogP contribution < -0.4 is 10.6 Å². The fourth-order valence-electron chi connectivity index (χ4n) is 2.59. The number of halogens is 2. The van der Waals surface area contributed by atoms with Gasteiger partial charge in [0.1, 0.15) is 5.82 Å². The molecule has 0 saturated carbocycles. The predicted molar refractivity (Wildman–Crippen MR) is 88.1 cm³/mol. The molecular formula is C16H21ClFN3O3. The average molecular weight is 358 g/mol. The van der Waals surface area contributed by atoms with Crippen molar-refractivity contribution < 1.29 is 18.7 Å². The molecule has 1 aliphatic heterocycles. The fraction of sp³-hybridized carbons (Fsp3) is 0.500. The van der Waals surface area contributed by atoms with Gasteiger partial charge in [-0.25, -0.2) is 4.39 Å². The summed E-state index contributed by atoms with van der Waals surface area (Å²) < 4.78 is 18.5. The Morgan fingerprint density at radius 1 is 1.54 bits per heavy atom. The van der Waals surface area contributed by atoms with Crippen molar-refractivity contribution in [2.24, 2.45) is 0 Å². The number of rotatable bonds is 7. The van der Waals surface area contributed by atoms with Gasteiger partial charge in [0.15, 0.2) is 0 Å². The first kappa shape index (κ1) is 18.6. The monoisotopic (exact) mass is 357 g/mol. The van der Waals surface area contributed by atoms with Gasteiger partial charge in [-0.15, -0.1) is 0 Å². The maximum atomic E-state index is 13.6. The zero-order valence-corrected chi connectivity index (χ0v) is 14.2. The van der Waals surface area contributed by atoms with E-state index in [4.69, 9.17) is 16.3 Å². The predicted octanol–water partition coefficient (Wildman–Crippen LogP) is 0.932. The third kappa shape index (κ3) is 5.15. The Morgan fingerprint density at radius 3 is 3.04 bits per heavy atom. The number of nitrogens with one attached hydrogen (secondary N) is 2. The number of benzene rings is 1. The van der Waals surface area contributed by atoms with Crippen molar-refractivity contribution in [3.05, 3.63) is 34.6 Å². The lowest BCUT2D eigenvalue weighted by Crippen LogP contribution is -2.56. The van der Waals surface area contributed by atoms with E-state index in [0.717, 1.165) is 0 Å². The molecule has 0 bridgehead atoms. The Balaban J connectivity index is 2.01. The van der Waals surface area contributed by atoms with Crippen LogP contribution >= 0.6 is 11.6 Å². The summed E-state index contributed by atoms with van der Waals surface area (Å²) in [6.07, 6.45) is 0.0472. The van der Waals surface area contributed by atoms with Gasteiger partial charge in [0.2, 0.25) is 11.8 Å². The second-order valence-corrected chi connectivity index (χ2v) is 5.98. The molecule has 24 heavy (non-hydrogen) atoms. The second kappa shape index (κ2) is 8.96. The average Bonchev–Trinajstić information content (AvgIpc) is 2.54. The van der Waals surface area contributed by atoms with Crippen molar-refractivity contribution in [2.75, 3.05) is 33.4 Å². The van der Waals surface area contributed by atoms with Crippen LogP contribution in [0.4, 0.5) is 4.39 Å². The Kier molecular flexibility index (Phi) is 6.96. The Bertz CT molecular complexity index is 600. The summed E-state index contributed by atoms with van der Waals surface area (Å²) >= 11 is 5.69. The van der Waals surface area contributed by atoms with Gasteiger partial charge < -0.3 is 15.4 Å².